The molecule has 0 aromatic rings. The third-order valence-corrected chi connectivity index (χ3v) is 5.98. The maximum Gasteiger partial charge on any atom is 2.00 e. The molecule has 0 aliphatic carbocycles. The summed E-state index contributed by atoms with van der Waals surface area (Å²) in [7, 11) is 0. The Morgan fingerprint density at radius 3 is 0.862 bits per heavy atom. The number of carboxylic acid groups (broad SMARTS) is 1. The van der Waals surface area contributed by atoms with Crippen molar-refractivity contribution in [2.75, 3.05) is 0 Å². The molecular weight excluding hydrogens is 369 g/mol. The van der Waals surface area contributed by atoms with Crippen LogP contribution < -0.4 is 5.11 Å². The summed E-state index contributed by atoms with van der Waals surface area (Å²) in [6, 6.07) is 0. The molecule has 0 aliphatic heterocycles. The van der Waals surface area contributed by atoms with Crippen LogP contribution in [0.1, 0.15) is 161 Å². The first kappa shape index (κ1) is 31.4. The van der Waals surface area contributed by atoms with Gasteiger partial charge in [0.15, 0.2) is 0 Å². The molecule has 0 aromatic heterocycles. The SMILES string of the molecule is CCCCCCCCCCCCCCCCCCCCCCCCCC(=O)[O-].[Mg+2]. The predicted octanol–water partition coefficient (Wildman–Crippen LogP) is 7.74. The van der Waals surface area contributed by atoms with E-state index in [-0.39, 0.29) is 29.5 Å². The van der Waals surface area contributed by atoms with Gasteiger partial charge in [0.1, 0.15) is 0 Å². The van der Waals surface area contributed by atoms with E-state index in [1.54, 1.807) is 0 Å². The summed E-state index contributed by atoms with van der Waals surface area (Å²) >= 11 is 0. The largest absolute Gasteiger partial charge is 2.00 e. The molecule has 0 fully saturated rings. The van der Waals surface area contributed by atoms with Crippen LogP contribution in [-0.4, -0.2) is 29.0 Å². The molecule has 0 aromatic carbocycles. The number of hydrogen-bond donors (Lipinski definition) is 0. The standard InChI is InChI=1S/C26H52O2.Mg/c1-2-3-4-5-6-7-8-9-10-11-12-13-14-15-16-17-18-19-20-21-22-23-24-25-26(27)28;/h2-25H2,1H3,(H,27,28);/q;+2/p-1. The third-order valence-electron chi connectivity index (χ3n) is 5.98. The van der Waals surface area contributed by atoms with Crippen LogP contribution in [0, 0.1) is 0 Å². The van der Waals surface area contributed by atoms with Gasteiger partial charge in [-0.1, -0.05) is 148 Å². The number of carboxylic acids is 1. The number of carbonyl (C=O) groups excluding carboxylic acids is 1. The van der Waals surface area contributed by atoms with E-state index in [2.05, 4.69) is 6.92 Å². The van der Waals surface area contributed by atoms with Crippen molar-refractivity contribution >= 4 is 29.0 Å². The van der Waals surface area contributed by atoms with E-state index < -0.39 is 5.97 Å². The van der Waals surface area contributed by atoms with Crippen LogP contribution in [0.2, 0.25) is 0 Å². The van der Waals surface area contributed by atoms with E-state index in [0.29, 0.717) is 0 Å². The van der Waals surface area contributed by atoms with E-state index in [1.165, 1.54) is 135 Å². The Balaban J connectivity index is 0. The minimum atomic E-state index is -0.900. The second-order valence-electron chi connectivity index (χ2n) is 8.90. The Kier molecular flexibility index (Phi) is 30.6. The van der Waals surface area contributed by atoms with Crippen LogP contribution in [0.4, 0.5) is 0 Å². The number of hydrogen-bond acceptors (Lipinski definition) is 2. The van der Waals surface area contributed by atoms with Crippen molar-refractivity contribution in [3.63, 3.8) is 0 Å². The normalized spacial score (nSPS) is 10.8. The number of unbranched alkanes of at least 4 members (excludes halogenated alkanes) is 22. The molecule has 3 heteroatoms. The minimum absolute atomic E-state index is 0. The monoisotopic (exact) mass is 419 g/mol. The Morgan fingerprint density at radius 2 is 0.655 bits per heavy atom. The molecule has 0 saturated carbocycles. The minimum Gasteiger partial charge on any atom is -0.550 e. The summed E-state index contributed by atoms with van der Waals surface area (Å²) in [4.78, 5) is 10.3. The molecular formula is C26H51MgO2+. The van der Waals surface area contributed by atoms with Crippen LogP contribution in [0.5, 0.6) is 0 Å². The maximum atomic E-state index is 10.3. The first-order valence-electron chi connectivity index (χ1n) is 13.0. The molecule has 0 aliphatic rings. The van der Waals surface area contributed by atoms with Crippen molar-refractivity contribution in [1.82, 2.24) is 0 Å². The smallest absolute Gasteiger partial charge is 0.550 e. The van der Waals surface area contributed by atoms with Crippen molar-refractivity contribution in [3.05, 3.63) is 0 Å². The second kappa shape index (κ2) is 28.2. The van der Waals surface area contributed by atoms with Crippen molar-refractivity contribution in [2.24, 2.45) is 0 Å². The molecule has 0 radical (unpaired) electrons. The number of aliphatic carboxylic acids is 1. The summed E-state index contributed by atoms with van der Waals surface area (Å²) in [5.74, 6) is -0.900. The van der Waals surface area contributed by atoms with Crippen molar-refractivity contribution < 1.29 is 9.90 Å². The van der Waals surface area contributed by atoms with Crippen LogP contribution >= 0.6 is 0 Å². The van der Waals surface area contributed by atoms with Gasteiger partial charge in [0.2, 0.25) is 0 Å². The van der Waals surface area contributed by atoms with Gasteiger partial charge in [-0.2, -0.15) is 0 Å². The first-order valence-corrected chi connectivity index (χ1v) is 13.0. The van der Waals surface area contributed by atoms with Gasteiger partial charge in [-0.15, -0.1) is 0 Å². The van der Waals surface area contributed by atoms with Crippen LogP contribution in [0.25, 0.3) is 0 Å². The quantitative estimate of drug-likeness (QED) is 0.118. The molecule has 0 spiro atoms. The molecule has 0 amide bonds. The molecule has 0 N–H and O–H groups in total. The molecule has 0 rings (SSSR count). The molecule has 2 nitrogen and oxygen atoms in total. The Hall–Kier alpha value is 0.236. The molecule has 168 valence electrons. The zero-order valence-electron chi connectivity index (χ0n) is 20.0. The molecule has 29 heavy (non-hydrogen) atoms. The summed E-state index contributed by atoms with van der Waals surface area (Å²) in [5.41, 5.74) is 0. The van der Waals surface area contributed by atoms with Crippen LogP contribution in [0.15, 0.2) is 0 Å². The third kappa shape index (κ3) is 30.5. The molecule has 0 saturated heterocycles. The number of carbonyl (C=O) groups is 1. The van der Waals surface area contributed by atoms with Crippen molar-refractivity contribution in [1.29, 1.82) is 0 Å². The Bertz CT molecular complexity index is 307. The van der Waals surface area contributed by atoms with Gasteiger partial charge in [-0.25, -0.2) is 0 Å². The average molecular weight is 420 g/mol. The van der Waals surface area contributed by atoms with Gasteiger partial charge in [0.25, 0.3) is 0 Å². The van der Waals surface area contributed by atoms with E-state index in [4.69, 9.17) is 0 Å². The average Bonchev–Trinajstić information content (AvgIpc) is 2.68. The van der Waals surface area contributed by atoms with Gasteiger partial charge in [-0.3, -0.25) is 0 Å². The fourth-order valence-corrected chi connectivity index (χ4v) is 4.05. The Labute approximate surface area is 199 Å². The fourth-order valence-electron chi connectivity index (χ4n) is 4.05. The summed E-state index contributed by atoms with van der Waals surface area (Å²) < 4.78 is 0. The molecule has 0 bridgehead atoms. The maximum absolute atomic E-state index is 10.3. The van der Waals surface area contributed by atoms with Gasteiger partial charge < -0.3 is 9.90 Å². The van der Waals surface area contributed by atoms with E-state index in [9.17, 15) is 9.90 Å². The van der Waals surface area contributed by atoms with Crippen molar-refractivity contribution in [2.45, 2.75) is 161 Å². The Morgan fingerprint density at radius 1 is 0.448 bits per heavy atom. The van der Waals surface area contributed by atoms with E-state index >= 15 is 0 Å². The molecule has 0 unspecified atom stereocenters. The molecule has 0 atom stereocenters. The first-order chi connectivity index (χ1) is 13.8. The number of rotatable bonds is 24. The van der Waals surface area contributed by atoms with Gasteiger partial charge in [-0.05, 0) is 12.8 Å². The molecule has 0 heterocycles. The fraction of sp³-hybridized carbons (Fsp3) is 0.962. The van der Waals surface area contributed by atoms with E-state index in [0.717, 1.165) is 12.8 Å². The summed E-state index contributed by atoms with van der Waals surface area (Å²) in [5, 5.41) is 10.3. The van der Waals surface area contributed by atoms with Crippen LogP contribution in [0.3, 0.4) is 0 Å². The second-order valence-corrected chi connectivity index (χ2v) is 8.90. The van der Waals surface area contributed by atoms with Gasteiger partial charge in [0, 0.05) is 5.97 Å². The van der Waals surface area contributed by atoms with Crippen molar-refractivity contribution in [3.8, 4) is 0 Å². The van der Waals surface area contributed by atoms with Crippen LogP contribution in [-0.2, 0) is 4.79 Å². The zero-order valence-corrected chi connectivity index (χ0v) is 21.4. The van der Waals surface area contributed by atoms with Gasteiger partial charge >= 0.3 is 23.1 Å². The van der Waals surface area contributed by atoms with E-state index in [1.807, 2.05) is 0 Å². The van der Waals surface area contributed by atoms with Gasteiger partial charge in [0.05, 0.1) is 0 Å². The zero-order chi connectivity index (χ0) is 20.5. The summed E-state index contributed by atoms with van der Waals surface area (Å²) in [6.45, 7) is 2.29. The topological polar surface area (TPSA) is 40.1 Å². The predicted molar refractivity (Wildman–Crippen MR) is 127 cm³/mol. The summed E-state index contributed by atoms with van der Waals surface area (Å²) in [6.07, 6.45) is 31.7.